The lowest BCUT2D eigenvalue weighted by Gasteiger charge is -2.28. The van der Waals surface area contributed by atoms with Gasteiger partial charge in [0, 0.05) is 6.54 Å². The number of ether oxygens (including phenoxy) is 1. The molecule has 0 unspecified atom stereocenters. The molecule has 2 aromatic rings. The maximum absolute atomic E-state index is 12.3. The molecular weight excluding hydrogens is 320 g/mol. The first kappa shape index (κ1) is 17.5. The number of fused-ring (bicyclic) bond motifs is 1. The molecule has 3 rings (SSSR count). The fourth-order valence-electron chi connectivity index (χ4n) is 3.25. The SMILES string of the molecule is C[C@H]1CCCC[C@H]1OCCNC(=O)Cn1nnc2ccccc2c1=O. The first-order chi connectivity index (χ1) is 12.1. The summed E-state index contributed by atoms with van der Waals surface area (Å²) in [6.07, 6.45) is 5.08. The normalized spacial score (nSPS) is 20.5. The van der Waals surface area contributed by atoms with Crippen LogP contribution in [0.4, 0.5) is 0 Å². The summed E-state index contributed by atoms with van der Waals surface area (Å²) in [5.41, 5.74) is 0.215. The molecular formula is C18H24N4O3. The van der Waals surface area contributed by atoms with Crippen molar-refractivity contribution >= 4 is 16.8 Å². The quantitative estimate of drug-likeness (QED) is 0.803. The number of nitrogens with one attached hydrogen (secondary N) is 1. The van der Waals surface area contributed by atoms with E-state index in [4.69, 9.17) is 4.74 Å². The van der Waals surface area contributed by atoms with Gasteiger partial charge in [0.25, 0.3) is 5.56 Å². The van der Waals surface area contributed by atoms with Gasteiger partial charge in [-0.25, -0.2) is 4.68 Å². The highest BCUT2D eigenvalue weighted by Gasteiger charge is 2.21. The van der Waals surface area contributed by atoms with Gasteiger partial charge in [-0.1, -0.05) is 37.1 Å². The van der Waals surface area contributed by atoms with Crippen molar-refractivity contribution in [2.45, 2.75) is 45.3 Å². The number of hydrogen-bond acceptors (Lipinski definition) is 5. The van der Waals surface area contributed by atoms with Crippen molar-refractivity contribution in [3.8, 4) is 0 Å². The van der Waals surface area contributed by atoms with E-state index < -0.39 is 0 Å². The molecule has 1 fully saturated rings. The Hall–Kier alpha value is -2.28. The van der Waals surface area contributed by atoms with E-state index in [1.165, 1.54) is 19.3 Å². The van der Waals surface area contributed by atoms with Gasteiger partial charge in [-0.05, 0) is 30.9 Å². The number of rotatable bonds is 6. The summed E-state index contributed by atoms with van der Waals surface area (Å²) < 4.78 is 6.95. The van der Waals surface area contributed by atoms with Crippen LogP contribution in [0.5, 0.6) is 0 Å². The Morgan fingerprint density at radius 1 is 1.32 bits per heavy atom. The molecule has 1 saturated carbocycles. The largest absolute Gasteiger partial charge is 0.376 e. The lowest BCUT2D eigenvalue weighted by molar-refractivity contribution is -0.122. The van der Waals surface area contributed by atoms with Gasteiger partial charge in [-0.15, -0.1) is 5.10 Å². The van der Waals surface area contributed by atoms with Crippen LogP contribution in [0.15, 0.2) is 29.1 Å². The lowest BCUT2D eigenvalue weighted by atomic mass is 9.88. The van der Waals surface area contributed by atoms with Gasteiger partial charge < -0.3 is 10.1 Å². The zero-order chi connectivity index (χ0) is 17.6. The first-order valence-electron chi connectivity index (χ1n) is 8.86. The summed E-state index contributed by atoms with van der Waals surface area (Å²) in [7, 11) is 0. The highest BCUT2D eigenvalue weighted by Crippen LogP contribution is 2.25. The zero-order valence-corrected chi connectivity index (χ0v) is 14.5. The predicted molar refractivity (Wildman–Crippen MR) is 94.2 cm³/mol. The molecule has 1 heterocycles. The van der Waals surface area contributed by atoms with Gasteiger partial charge in [0.15, 0.2) is 0 Å². The average Bonchev–Trinajstić information content (AvgIpc) is 2.63. The maximum atomic E-state index is 12.3. The van der Waals surface area contributed by atoms with Crippen LogP contribution in [0.1, 0.15) is 32.6 Å². The van der Waals surface area contributed by atoms with Crippen LogP contribution in [0.3, 0.4) is 0 Å². The molecule has 1 amide bonds. The van der Waals surface area contributed by atoms with E-state index in [1.807, 2.05) is 0 Å². The third-order valence-electron chi connectivity index (χ3n) is 4.71. The Morgan fingerprint density at radius 3 is 2.96 bits per heavy atom. The van der Waals surface area contributed by atoms with E-state index in [-0.39, 0.29) is 18.0 Å². The fraction of sp³-hybridized carbons (Fsp3) is 0.556. The maximum Gasteiger partial charge on any atom is 0.278 e. The predicted octanol–water partition coefficient (Wildman–Crippen LogP) is 1.50. The second kappa shape index (κ2) is 8.20. The second-order valence-electron chi connectivity index (χ2n) is 6.59. The second-order valence-corrected chi connectivity index (χ2v) is 6.59. The topological polar surface area (TPSA) is 86.1 Å². The van der Waals surface area contributed by atoms with Gasteiger partial charge in [0.05, 0.1) is 18.1 Å². The molecule has 1 aliphatic rings. The molecule has 0 aliphatic heterocycles. The molecule has 7 heteroatoms. The minimum atomic E-state index is -0.312. The van der Waals surface area contributed by atoms with E-state index in [1.54, 1.807) is 24.3 Å². The Kier molecular flexibility index (Phi) is 5.75. The zero-order valence-electron chi connectivity index (χ0n) is 14.5. The van der Waals surface area contributed by atoms with E-state index in [0.29, 0.717) is 36.1 Å². The van der Waals surface area contributed by atoms with Crippen molar-refractivity contribution in [1.82, 2.24) is 20.3 Å². The highest BCUT2D eigenvalue weighted by molar-refractivity contribution is 5.78. The summed E-state index contributed by atoms with van der Waals surface area (Å²) in [5, 5.41) is 11.0. The van der Waals surface area contributed by atoms with E-state index >= 15 is 0 Å². The minimum Gasteiger partial charge on any atom is -0.376 e. The molecule has 2 atom stereocenters. The molecule has 0 spiro atoms. The molecule has 0 radical (unpaired) electrons. The van der Waals surface area contributed by atoms with Gasteiger partial charge in [-0.3, -0.25) is 9.59 Å². The molecule has 0 bridgehead atoms. The van der Waals surface area contributed by atoms with Crippen LogP contribution in [-0.4, -0.2) is 40.2 Å². The molecule has 1 aromatic carbocycles. The van der Waals surface area contributed by atoms with Crippen LogP contribution in [0.25, 0.3) is 10.9 Å². The molecule has 1 aliphatic carbocycles. The fourth-order valence-corrected chi connectivity index (χ4v) is 3.25. The highest BCUT2D eigenvalue weighted by atomic mass is 16.5. The first-order valence-corrected chi connectivity index (χ1v) is 8.86. The minimum absolute atomic E-state index is 0.142. The van der Waals surface area contributed by atoms with Crippen LogP contribution < -0.4 is 10.9 Å². The molecule has 134 valence electrons. The summed E-state index contributed by atoms with van der Waals surface area (Å²) >= 11 is 0. The Morgan fingerprint density at radius 2 is 2.12 bits per heavy atom. The summed E-state index contributed by atoms with van der Waals surface area (Å²) in [6, 6.07) is 6.96. The molecule has 7 nitrogen and oxygen atoms in total. The number of hydrogen-bond donors (Lipinski definition) is 1. The van der Waals surface area contributed by atoms with Gasteiger partial charge >= 0.3 is 0 Å². The number of amides is 1. The Labute approximate surface area is 146 Å². The van der Waals surface area contributed by atoms with Crippen molar-refractivity contribution in [3.05, 3.63) is 34.6 Å². The van der Waals surface area contributed by atoms with Crippen molar-refractivity contribution in [1.29, 1.82) is 0 Å². The summed E-state index contributed by atoms with van der Waals surface area (Å²) in [4.78, 5) is 24.3. The van der Waals surface area contributed by atoms with E-state index in [2.05, 4.69) is 22.6 Å². The van der Waals surface area contributed by atoms with Crippen LogP contribution in [0, 0.1) is 5.92 Å². The molecule has 1 N–H and O–H groups in total. The van der Waals surface area contributed by atoms with E-state index in [0.717, 1.165) is 11.1 Å². The van der Waals surface area contributed by atoms with Gasteiger partial charge in [0.2, 0.25) is 5.91 Å². The summed E-state index contributed by atoms with van der Waals surface area (Å²) in [6.45, 7) is 2.99. The monoisotopic (exact) mass is 344 g/mol. The third-order valence-corrected chi connectivity index (χ3v) is 4.71. The Bertz CT molecular complexity index is 789. The number of carbonyl (C=O) groups excluding carboxylic acids is 1. The van der Waals surface area contributed by atoms with E-state index in [9.17, 15) is 9.59 Å². The molecule has 25 heavy (non-hydrogen) atoms. The number of benzene rings is 1. The van der Waals surface area contributed by atoms with Crippen LogP contribution in [-0.2, 0) is 16.1 Å². The number of nitrogens with zero attached hydrogens (tertiary/aromatic N) is 3. The number of carbonyl (C=O) groups is 1. The molecule has 0 saturated heterocycles. The summed E-state index contributed by atoms with van der Waals surface area (Å²) in [5.74, 6) is 0.308. The van der Waals surface area contributed by atoms with Gasteiger partial charge in [0.1, 0.15) is 12.1 Å². The standard InChI is InChI=1S/C18H24N4O3/c1-13-6-2-5-9-16(13)25-11-10-19-17(23)12-22-18(24)14-7-3-4-8-15(14)20-21-22/h3-4,7-8,13,16H,2,5-6,9-12H2,1H3,(H,19,23)/t13-,16+/m0/s1. The van der Waals surface area contributed by atoms with Crippen molar-refractivity contribution in [3.63, 3.8) is 0 Å². The molecule has 1 aromatic heterocycles. The lowest BCUT2D eigenvalue weighted by Crippen LogP contribution is -2.36. The van der Waals surface area contributed by atoms with Gasteiger partial charge in [-0.2, -0.15) is 0 Å². The van der Waals surface area contributed by atoms with Crippen molar-refractivity contribution in [2.24, 2.45) is 5.92 Å². The van der Waals surface area contributed by atoms with Crippen molar-refractivity contribution in [2.75, 3.05) is 13.2 Å². The Balaban J connectivity index is 1.48. The van der Waals surface area contributed by atoms with Crippen molar-refractivity contribution < 1.29 is 9.53 Å². The smallest absolute Gasteiger partial charge is 0.278 e. The number of aromatic nitrogens is 3. The van der Waals surface area contributed by atoms with Crippen LogP contribution in [0.2, 0.25) is 0 Å². The average molecular weight is 344 g/mol. The van der Waals surface area contributed by atoms with Crippen LogP contribution >= 0.6 is 0 Å². The third kappa shape index (κ3) is 4.42.